The summed E-state index contributed by atoms with van der Waals surface area (Å²) in [5, 5.41) is 0. The zero-order valence-corrected chi connectivity index (χ0v) is 9.04. The van der Waals surface area contributed by atoms with Gasteiger partial charge in [-0.25, -0.2) is 4.98 Å². The summed E-state index contributed by atoms with van der Waals surface area (Å²) in [6.07, 6.45) is 5.50. The molecule has 0 aliphatic rings. The molecule has 2 N–H and O–H groups in total. The molecule has 0 unspecified atom stereocenters. The number of rotatable bonds is 0. The standard InChI is InChI=1S/C7H6IN3.ClH/c8-6-3-5(9)4-11-2-1-10-7(6)11;/h1-4H,9H2;1H. The number of nitrogens with zero attached hydrogens (tertiary/aromatic N) is 2. The van der Waals surface area contributed by atoms with Gasteiger partial charge in [-0.3, -0.25) is 0 Å². The Labute approximate surface area is 89.5 Å². The van der Waals surface area contributed by atoms with Gasteiger partial charge >= 0.3 is 0 Å². The molecule has 2 rings (SSSR count). The Kier molecular flexibility index (Phi) is 2.79. The van der Waals surface area contributed by atoms with Gasteiger partial charge in [0.1, 0.15) is 5.65 Å². The lowest BCUT2D eigenvalue weighted by Gasteiger charge is -1.97. The van der Waals surface area contributed by atoms with Crippen molar-refractivity contribution < 1.29 is 0 Å². The third-order valence-electron chi connectivity index (χ3n) is 1.46. The van der Waals surface area contributed by atoms with Crippen molar-refractivity contribution in [3.8, 4) is 0 Å². The Morgan fingerprint density at radius 3 is 3.00 bits per heavy atom. The fourth-order valence-corrected chi connectivity index (χ4v) is 1.79. The van der Waals surface area contributed by atoms with Crippen molar-refractivity contribution in [1.82, 2.24) is 9.38 Å². The van der Waals surface area contributed by atoms with Crippen LogP contribution in [-0.2, 0) is 0 Å². The maximum absolute atomic E-state index is 5.63. The zero-order chi connectivity index (χ0) is 7.84. The largest absolute Gasteiger partial charge is 0.398 e. The van der Waals surface area contributed by atoms with E-state index in [2.05, 4.69) is 27.6 Å². The Bertz CT molecular complexity index is 398. The van der Waals surface area contributed by atoms with Crippen LogP contribution in [0.25, 0.3) is 5.65 Å². The first-order chi connectivity index (χ1) is 5.27. The normalized spacial score (nSPS) is 9.75. The molecule has 2 aromatic rings. The van der Waals surface area contributed by atoms with Crippen molar-refractivity contribution in [2.24, 2.45) is 0 Å². The minimum absolute atomic E-state index is 0. The van der Waals surface area contributed by atoms with E-state index in [0.717, 1.165) is 14.9 Å². The van der Waals surface area contributed by atoms with Crippen LogP contribution in [0.4, 0.5) is 5.69 Å². The predicted molar refractivity (Wildman–Crippen MR) is 59.6 cm³/mol. The van der Waals surface area contributed by atoms with Crippen LogP contribution in [0.15, 0.2) is 24.7 Å². The molecular weight excluding hydrogens is 288 g/mol. The molecule has 0 spiro atoms. The minimum atomic E-state index is 0. The number of anilines is 1. The molecule has 0 bridgehead atoms. The van der Waals surface area contributed by atoms with E-state index in [1.54, 1.807) is 6.20 Å². The second-order valence-electron chi connectivity index (χ2n) is 2.28. The number of pyridine rings is 1. The molecule has 0 aliphatic carbocycles. The monoisotopic (exact) mass is 295 g/mol. The maximum atomic E-state index is 5.63. The minimum Gasteiger partial charge on any atom is -0.398 e. The summed E-state index contributed by atoms with van der Waals surface area (Å²) in [5.74, 6) is 0. The van der Waals surface area contributed by atoms with Gasteiger partial charge in [-0.1, -0.05) is 0 Å². The van der Waals surface area contributed by atoms with Crippen molar-refractivity contribution in [3.63, 3.8) is 0 Å². The predicted octanol–water partition coefficient (Wildman–Crippen LogP) is 1.94. The van der Waals surface area contributed by atoms with E-state index in [9.17, 15) is 0 Å². The average Bonchev–Trinajstić information content (AvgIpc) is 2.34. The number of fused-ring (bicyclic) bond motifs is 1. The van der Waals surface area contributed by atoms with Gasteiger partial charge in [-0.15, -0.1) is 12.4 Å². The molecule has 12 heavy (non-hydrogen) atoms. The van der Waals surface area contributed by atoms with Gasteiger partial charge in [0.2, 0.25) is 0 Å². The highest BCUT2D eigenvalue weighted by molar-refractivity contribution is 14.1. The van der Waals surface area contributed by atoms with Gasteiger partial charge < -0.3 is 10.1 Å². The number of halogens is 2. The molecule has 2 heterocycles. The molecule has 0 aliphatic heterocycles. The lowest BCUT2D eigenvalue weighted by Crippen LogP contribution is -1.92. The van der Waals surface area contributed by atoms with Crippen LogP contribution < -0.4 is 5.73 Å². The molecule has 0 radical (unpaired) electrons. The Hall–Kier alpha value is -0.490. The molecule has 0 amide bonds. The summed E-state index contributed by atoms with van der Waals surface area (Å²) in [4.78, 5) is 4.16. The van der Waals surface area contributed by atoms with Crippen LogP contribution in [0.2, 0.25) is 0 Å². The van der Waals surface area contributed by atoms with Crippen LogP contribution in [0, 0.1) is 3.57 Å². The SMILES string of the molecule is Cl.Nc1cc(I)c2nccn2c1. The van der Waals surface area contributed by atoms with Gasteiger partial charge in [0.15, 0.2) is 0 Å². The van der Waals surface area contributed by atoms with E-state index in [4.69, 9.17) is 5.73 Å². The van der Waals surface area contributed by atoms with Crippen LogP contribution in [0.3, 0.4) is 0 Å². The first kappa shape index (κ1) is 9.60. The second-order valence-corrected chi connectivity index (χ2v) is 3.44. The second kappa shape index (κ2) is 3.49. The Morgan fingerprint density at radius 2 is 2.25 bits per heavy atom. The van der Waals surface area contributed by atoms with E-state index >= 15 is 0 Å². The lowest BCUT2D eigenvalue weighted by atomic mass is 10.4. The molecule has 5 heteroatoms. The molecule has 0 aromatic carbocycles. The van der Waals surface area contributed by atoms with E-state index in [1.165, 1.54) is 0 Å². The fourth-order valence-electron chi connectivity index (χ4n) is 1.01. The first-order valence-electron chi connectivity index (χ1n) is 3.15. The molecule has 0 saturated carbocycles. The number of imidazole rings is 1. The van der Waals surface area contributed by atoms with Crippen molar-refractivity contribution in [2.45, 2.75) is 0 Å². The van der Waals surface area contributed by atoms with Crippen LogP contribution >= 0.6 is 35.0 Å². The highest BCUT2D eigenvalue weighted by Gasteiger charge is 1.99. The topological polar surface area (TPSA) is 43.3 Å². The summed E-state index contributed by atoms with van der Waals surface area (Å²) in [5.41, 5.74) is 7.35. The lowest BCUT2D eigenvalue weighted by molar-refractivity contribution is 1.18. The summed E-state index contributed by atoms with van der Waals surface area (Å²) < 4.78 is 2.99. The van der Waals surface area contributed by atoms with Gasteiger partial charge in [0.05, 0.1) is 3.57 Å². The number of hydrogen-bond donors (Lipinski definition) is 1. The number of nitrogens with two attached hydrogens (primary N) is 1. The van der Waals surface area contributed by atoms with E-state index in [1.807, 2.05) is 22.9 Å². The number of aromatic nitrogens is 2. The highest BCUT2D eigenvalue weighted by Crippen LogP contribution is 2.14. The summed E-state index contributed by atoms with van der Waals surface area (Å²) in [7, 11) is 0. The van der Waals surface area contributed by atoms with Crippen LogP contribution in [-0.4, -0.2) is 9.38 Å². The van der Waals surface area contributed by atoms with Crippen molar-refractivity contribution in [2.75, 3.05) is 5.73 Å². The van der Waals surface area contributed by atoms with E-state index in [0.29, 0.717) is 0 Å². The Balaban J connectivity index is 0.000000720. The van der Waals surface area contributed by atoms with Crippen molar-refractivity contribution >= 4 is 46.3 Å². The highest BCUT2D eigenvalue weighted by atomic mass is 127. The molecular formula is C7H7ClIN3. The molecule has 2 aromatic heterocycles. The van der Waals surface area contributed by atoms with Crippen LogP contribution in [0.1, 0.15) is 0 Å². The molecule has 64 valence electrons. The van der Waals surface area contributed by atoms with Crippen molar-refractivity contribution in [3.05, 3.63) is 28.2 Å². The van der Waals surface area contributed by atoms with Crippen LogP contribution in [0.5, 0.6) is 0 Å². The maximum Gasteiger partial charge on any atom is 0.150 e. The van der Waals surface area contributed by atoms with Gasteiger partial charge in [-0.05, 0) is 28.7 Å². The number of nitrogen functional groups attached to an aromatic ring is 1. The van der Waals surface area contributed by atoms with Gasteiger partial charge in [0, 0.05) is 24.3 Å². The summed E-state index contributed by atoms with van der Waals surface area (Å²) in [6, 6.07) is 1.91. The average molecular weight is 296 g/mol. The first-order valence-corrected chi connectivity index (χ1v) is 4.23. The third kappa shape index (κ3) is 1.49. The molecule has 0 saturated heterocycles. The van der Waals surface area contributed by atoms with E-state index < -0.39 is 0 Å². The van der Waals surface area contributed by atoms with E-state index in [-0.39, 0.29) is 12.4 Å². The number of hydrogen-bond acceptors (Lipinski definition) is 2. The van der Waals surface area contributed by atoms with Crippen molar-refractivity contribution in [1.29, 1.82) is 0 Å². The molecule has 0 fully saturated rings. The summed E-state index contributed by atoms with van der Waals surface area (Å²) in [6.45, 7) is 0. The third-order valence-corrected chi connectivity index (χ3v) is 2.26. The smallest absolute Gasteiger partial charge is 0.150 e. The fraction of sp³-hybridized carbons (Fsp3) is 0. The zero-order valence-electron chi connectivity index (χ0n) is 6.07. The molecule has 3 nitrogen and oxygen atoms in total. The van der Waals surface area contributed by atoms with Gasteiger partial charge in [-0.2, -0.15) is 0 Å². The Morgan fingerprint density at radius 1 is 1.50 bits per heavy atom. The quantitative estimate of drug-likeness (QED) is 0.755. The van der Waals surface area contributed by atoms with Gasteiger partial charge in [0.25, 0.3) is 0 Å². The molecule has 0 atom stereocenters. The summed E-state index contributed by atoms with van der Waals surface area (Å²) >= 11 is 2.22.